The summed E-state index contributed by atoms with van der Waals surface area (Å²) in [5.74, 6) is 0. The van der Waals surface area contributed by atoms with Crippen LogP contribution < -0.4 is 0 Å². The predicted octanol–water partition coefficient (Wildman–Crippen LogP) is 6.65. The molecule has 0 saturated carbocycles. The first-order chi connectivity index (χ1) is 12.6. The van der Waals surface area contributed by atoms with Gasteiger partial charge in [0.1, 0.15) is 0 Å². The second kappa shape index (κ2) is 8.53. The molecule has 0 radical (unpaired) electrons. The average molecular weight is 364 g/mol. The number of aryl methyl sites for hydroxylation is 1. The Morgan fingerprint density at radius 3 is 2.46 bits per heavy atom. The molecule has 1 nitrogen and oxygen atoms in total. The van der Waals surface area contributed by atoms with Gasteiger partial charge in [0.25, 0.3) is 0 Å². The largest absolute Gasteiger partial charge is 0.291 e. The molecule has 0 fully saturated rings. The van der Waals surface area contributed by atoms with Crippen LogP contribution in [0.5, 0.6) is 0 Å². The third-order valence-corrected chi connectivity index (χ3v) is 5.30. The van der Waals surface area contributed by atoms with Crippen LogP contribution in [-0.2, 0) is 6.54 Å². The molecule has 0 aromatic heterocycles. The molecule has 1 atom stereocenters. The van der Waals surface area contributed by atoms with Crippen molar-refractivity contribution in [3.63, 3.8) is 0 Å². The SMILES string of the molecule is C=Cc1ccccc1C(C1=CC=C(Cl)CC1)N(C)Cc1ccc(C)cc1. The first kappa shape index (κ1) is 18.7. The third-order valence-electron chi connectivity index (χ3n) is 4.99. The highest BCUT2D eigenvalue weighted by Crippen LogP contribution is 2.37. The van der Waals surface area contributed by atoms with Gasteiger partial charge in [-0.2, -0.15) is 0 Å². The Labute approximate surface area is 162 Å². The van der Waals surface area contributed by atoms with Gasteiger partial charge in [-0.1, -0.05) is 84.4 Å². The summed E-state index contributed by atoms with van der Waals surface area (Å²) in [6, 6.07) is 17.5. The minimum Gasteiger partial charge on any atom is -0.291 e. The molecular formula is C24H26ClN. The van der Waals surface area contributed by atoms with Gasteiger partial charge in [0.05, 0.1) is 6.04 Å². The molecule has 1 unspecified atom stereocenters. The number of likely N-dealkylation sites (N-methyl/N-ethyl adjacent to an activating group) is 1. The fourth-order valence-corrected chi connectivity index (χ4v) is 3.75. The molecule has 2 aromatic carbocycles. The fourth-order valence-electron chi connectivity index (χ4n) is 3.59. The Morgan fingerprint density at radius 1 is 1.08 bits per heavy atom. The zero-order valence-electron chi connectivity index (χ0n) is 15.6. The Bertz CT molecular complexity index is 830. The molecule has 26 heavy (non-hydrogen) atoms. The first-order valence-electron chi connectivity index (χ1n) is 9.10. The van der Waals surface area contributed by atoms with Crippen molar-refractivity contribution in [3.8, 4) is 0 Å². The van der Waals surface area contributed by atoms with Crippen LogP contribution in [0, 0.1) is 6.92 Å². The van der Waals surface area contributed by atoms with Gasteiger partial charge < -0.3 is 0 Å². The lowest BCUT2D eigenvalue weighted by Crippen LogP contribution is -2.27. The van der Waals surface area contributed by atoms with Crippen molar-refractivity contribution in [3.05, 3.63) is 100 Å². The summed E-state index contributed by atoms with van der Waals surface area (Å²) in [7, 11) is 2.20. The van der Waals surface area contributed by atoms with Gasteiger partial charge in [-0.25, -0.2) is 0 Å². The standard InChI is InChI=1S/C24H26ClN/c1-4-20-7-5-6-8-23(20)24(21-13-15-22(25)16-14-21)26(3)17-19-11-9-18(2)10-12-19/h4-13,15,24H,1,14,16-17H2,2-3H3. The summed E-state index contributed by atoms with van der Waals surface area (Å²) in [6.07, 6.45) is 8.10. The number of halogens is 1. The highest BCUT2D eigenvalue weighted by atomic mass is 35.5. The highest BCUT2D eigenvalue weighted by Gasteiger charge is 2.24. The molecule has 0 amide bonds. The second-order valence-corrected chi connectivity index (χ2v) is 7.48. The number of nitrogens with zero attached hydrogens (tertiary/aromatic N) is 1. The normalized spacial score (nSPS) is 15.4. The Morgan fingerprint density at radius 2 is 1.81 bits per heavy atom. The molecule has 134 valence electrons. The van der Waals surface area contributed by atoms with Crippen LogP contribution in [0.1, 0.15) is 41.1 Å². The Hall–Kier alpha value is -2.09. The van der Waals surface area contributed by atoms with Crippen LogP contribution in [0.15, 0.2) is 77.9 Å². The molecule has 1 aliphatic carbocycles. The van der Waals surface area contributed by atoms with Crippen molar-refractivity contribution in [1.82, 2.24) is 4.90 Å². The lowest BCUT2D eigenvalue weighted by molar-refractivity contribution is 0.262. The van der Waals surface area contributed by atoms with Crippen LogP contribution in [0.3, 0.4) is 0 Å². The van der Waals surface area contributed by atoms with E-state index < -0.39 is 0 Å². The fraction of sp³-hybridized carbons (Fsp3) is 0.250. The van der Waals surface area contributed by atoms with Crippen molar-refractivity contribution in [2.24, 2.45) is 0 Å². The molecule has 0 N–H and O–H groups in total. The Kier molecular flexibility index (Phi) is 6.13. The van der Waals surface area contributed by atoms with Crippen LogP contribution in [0.2, 0.25) is 0 Å². The molecule has 0 heterocycles. The first-order valence-corrected chi connectivity index (χ1v) is 9.48. The lowest BCUT2D eigenvalue weighted by atomic mass is 9.88. The molecular weight excluding hydrogens is 338 g/mol. The van der Waals surface area contributed by atoms with E-state index in [0.29, 0.717) is 0 Å². The molecule has 3 rings (SSSR count). The summed E-state index contributed by atoms with van der Waals surface area (Å²) >= 11 is 6.20. The van der Waals surface area contributed by atoms with Crippen molar-refractivity contribution in [2.45, 2.75) is 32.4 Å². The van der Waals surface area contributed by atoms with Crippen LogP contribution in [0.4, 0.5) is 0 Å². The van der Waals surface area contributed by atoms with Crippen LogP contribution in [-0.4, -0.2) is 11.9 Å². The van der Waals surface area contributed by atoms with E-state index in [2.05, 4.69) is 80.1 Å². The smallest absolute Gasteiger partial charge is 0.0570 e. The molecule has 0 spiro atoms. The maximum absolute atomic E-state index is 6.20. The number of benzene rings is 2. The maximum Gasteiger partial charge on any atom is 0.0570 e. The van der Waals surface area contributed by atoms with Crippen molar-refractivity contribution >= 4 is 17.7 Å². The summed E-state index contributed by atoms with van der Waals surface area (Å²) in [6.45, 7) is 7.03. The van der Waals surface area contributed by atoms with E-state index in [9.17, 15) is 0 Å². The van der Waals surface area contributed by atoms with Crippen molar-refractivity contribution in [2.75, 3.05) is 7.05 Å². The van der Waals surface area contributed by atoms with E-state index in [1.165, 1.54) is 27.8 Å². The molecule has 0 bridgehead atoms. The number of hydrogen-bond donors (Lipinski definition) is 0. The average Bonchev–Trinajstić information content (AvgIpc) is 2.66. The predicted molar refractivity (Wildman–Crippen MR) is 113 cm³/mol. The molecule has 1 aliphatic rings. The van der Waals surface area contributed by atoms with Gasteiger partial charge in [-0.3, -0.25) is 4.90 Å². The van der Waals surface area contributed by atoms with E-state index in [1.807, 2.05) is 12.2 Å². The van der Waals surface area contributed by atoms with Crippen LogP contribution >= 0.6 is 11.6 Å². The number of allylic oxidation sites excluding steroid dienone is 3. The van der Waals surface area contributed by atoms with E-state index in [0.717, 1.165) is 24.4 Å². The Balaban J connectivity index is 1.97. The topological polar surface area (TPSA) is 3.24 Å². The van der Waals surface area contributed by atoms with Gasteiger partial charge in [0.15, 0.2) is 0 Å². The summed E-state index contributed by atoms with van der Waals surface area (Å²) in [5, 5.41) is 0.936. The zero-order valence-corrected chi connectivity index (χ0v) is 16.3. The molecule has 0 saturated heterocycles. The zero-order chi connectivity index (χ0) is 18.5. The monoisotopic (exact) mass is 363 g/mol. The molecule has 0 aliphatic heterocycles. The quantitative estimate of drug-likeness (QED) is 0.555. The highest BCUT2D eigenvalue weighted by molar-refractivity contribution is 6.29. The van der Waals surface area contributed by atoms with E-state index >= 15 is 0 Å². The van der Waals surface area contributed by atoms with Gasteiger partial charge >= 0.3 is 0 Å². The van der Waals surface area contributed by atoms with E-state index in [1.54, 1.807) is 0 Å². The van der Waals surface area contributed by atoms with Gasteiger partial charge in [0.2, 0.25) is 0 Å². The third kappa shape index (κ3) is 4.35. The second-order valence-electron chi connectivity index (χ2n) is 6.99. The number of rotatable bonds is 6. The summed E-state index contributed by atoms with van der Waals surface area (Å²) < 4.78 is 0. The van der Waals surface area contributed by atoms with E-state index in [4.69, 9.17) is 11.6 Å². The minimum atomic E-state index is 0.214. The van der Waals surface area contributed by atoms with Gasteiger partial charge in [0, 0.05) is 11.6 Å². The molecule has 2 heteroatoms. The lowest BCUT2D eigenvalue weighted by Gasteiger charge is -2.33. The van der Waals surface area contributed by atoms with Crippen molar-refractivity contribution < 1.29 is 0 Å². The van der Waals surface area contributed by atoms with Crippen molar-refractivity contribution in [1.29, 1.82) is 0 Å². The summed E-state index contributed by atoms with van der Waals surface area (Å²) in [4.78, 5) is 2.42. The number of hydrogen-bond acceptors (Lipinski definition) is 1. The maximum atomic E-state index is 6.20. The van der Waals surface area contributed by atoms with E-state index in [-0.39, 0.29) is 6.04 Å². The van der Waals surface area contributed by atoms with Gasteiger partial charge in [-0.05, 0) is 55.2 Å². The minimum absolute atomic E-state index is 0.214. The summed E-state index contributed by atoms with van der Waals surface area (Å²) in [5.41, 5.74) is 6.51. The molecule has 2 aromatic rings. The van der Waals surface area contributed by atoms with Gasteiger partial charge in [-0.15, -0.1) is 0 Å². The van der Waals surface area contributed by atoms with Crippen LogP contribution in [0.25, 0.3) is 6.08 Å².